The van der Waals surface area contributed by atoms with Crippen molar-refractivity contribution in [2.75, 3.05) is 0 Å². The molecule has 3 fully saturated rings. The van der Waals surface area contributed by atoms with Crippen molar-refractivity contribution in [1.29, 1.82) is 0 Å². The summed E-state index contributed by atoms with van der Waals surface area (Å²) < 4.78 is 5.76. The first-order valence-corrected chi connectivity index (χ1v) is 7.21. The summed E-state index contributed by atoms with van der Waals surface area (Å²) in [6.07, 6.45) is 3.96. The maximum absolute atomic E-state index is 11.9. The number of carbonyl (C=O) groups is 1. The van der Waals surface area contributed by atoms with Gasteiger partial charge in [0.05, 0.1) is 0 Å². The average Bonchev–Trinajstić information content (AvgIpc) is 2.11. The van der Waals surface area contributed by atoms with E-state index in [2.05, 4.69) is 39.9 Å². The number of hydrogen-bond donors (Lipinski definition) is 1. The Hall–Kier alpha value is -0.570. The minimum absolute atomic E-state index is 0.0260. The molecule has 0 aromatic rings. The van der Waals surface area contributed by atoms with Gasteiger partial charge in [-0.1, -0.05) is 13.8 Å². The van der Waals surface area contributed by atoms with Gasteiger partial charge in [-0.15, -0.1) is 0 Å². The summed E-state index contributed by atoms with van der Waals surface area (Å²) in [7, 11) is 0. The van der Waals surface area contributed by atoms with E-state index in [0.717, 1.165) is 12.8 Å². The Morgan fingerprint density at radius 3 is 2.56 bits per heavy atom. The van der Waals surface area contributed by atoms with Crippen LogP contribution in [0.25, 0.3) is 0 Å². The Balaban J connectivity index is 2.04. The van der Waals surface area contributed by atoms with Gasteiger partial charge in [-0.05, 0) is 39.5 Å². The standard InChI is InChI=1S/C15H27NO2/c1-10(2)8-13(17)18-12-9-15(5)7-6-11(12)14(3,4)16-15/h10-12,16H,6-9H2,1-5H3. The molecule has 1 N–H and O–H groups in total. The van der Waals surface area contributed by atoms with Gasteiger partial charge in [-0.3, -0.25) is 4.79 Å². The van der Waals surface area contributed by atoms with Crippen molar-refractivity contribution in [3.8, 4) is 0 Å². The van der Waals surface area contributed by atoms with Crippen molar-refractivity contribution < 1.29 is 9.53 Å². The molecule has 104 valence electrons. The van der Waals surface area contributed by atoms with E-state index in [4.69, 9.17) is 4.74 Å². The molecule has 18 heavy (non-hydrogen) atoms. The molecule has 1 saturated carbocycles. The summed E-state index contributed by atoms with van der Waals surface area (Å²) in [5.41, 5.74) is 0.217. The topological polar surface area (TPSA) is 38.3 Å². The molecule has 0 aromatic heterocycles. The van der Waals surface area contributed by atoms with Gasteiger partial charge in [0.15, 0.2) is 0 Å². The van der Waals surface area contributed by atoms with Gasteiger partial charge in [-0.25, -0.2) is 0 Å². The van der Waals surface area contributed by atoms with Crippen LogP contribution in [0, 0.1) is 11.8 Å². The number of rotatable bonds is 3. The Morgan fingerprint density at radius 1 is 1.39 bits per heavy atom. The lowest BCUT2D eigenvalue weighted by Crippen LogP contribution is -2.69. The molecule has 0 radical (unpaired) electrons. The molecular weight excluding hydrogens is 226 g/mol. The molecule has 1 aliphatic carbocycles. The highest BCUT2D eigenvalue weighted by atomic mass is 16.5. The van der Waals surface area contributed by atoms with E-state index < -0.39 is 0 Å². The number of carbonyl (C=O) groups excluding carboxylic acids is 1. The summed E-state index contributed by atoms with van der Waals surface area (Å²) in [6.45, 7) is 10.8. The van der Waals surface area contributed by atoms with Crippen LogP contribution in [0.1, 0.15) is 60.3 Å². The zero-order chi connectivity index (χ0) is 13.6. The van der Waals surface area contributed by atoms with Crippen molar-refractivity contribution in [2.45, 2.75) is 77.5 Å². The van der Waals surface area contributed by atoms with Gasteiger partial charge in [0, 0.05) is 29.8 Å². The first kappa shape index (κ1) is 13.9. The SMILES string of the molecule is CC(C)CC(=O)OC1CC2(C)CCC1C(C)(C)N2. The number of ether oxygens (including phenoxy) is 1. The Bertz CT molecular complexity index is 335. The summed E-state index contributed by atoms with van der Waals surface area (Å²) >= 11 is 0. The fourth-order valence-electron chi connectivity index (χ4n) is 3.83. The predicted molar refractivity (Wildman–Crippen MR) is 72.3 cm³/mol. The molecule has 2 saturated heterocycles. The fourth-order valence-corrected chi connectivity index (χ4v) is 3.83. The number of fused-ring (bicyclic) bond motifs is 3. The number of esters is 1. The van der Waals surface area contributed by atoms with Gasteiger partial charge in [0.1, 0.15) is 6.10 Å². The monoisotopic (exact) mass is 253 g/mol. The Kier molecular flexibility index (Phi) is 3.48. The lowest BCUT2D eigenvalue weighted by atomic mass is 9.63. The van der Waals surface area contributed by atoms with Crippen LogP contribution in [0.3, 0.4) is 0 Å². The summed E-state index contributed by atoms with van der Waals surface area (Å²) in [5, 5.41) is 3.72. The van der Waals surface area contributed by atoms with Gasteiger partial charge >= 0.3 is 5.97 Å². The summed E-state index contributed by atoms with van der Waals surface area (Å²) in [4.78, 5) is 11.9. The molecule has 2 heterocycles. The van der Waals surface area contributed by atoms with E-state index in [-0.39, 0.29) is 23.2 Å². The highest BCUT2D eigenvalue weighted by Gasteiger charge is 2.53. The largest absolute Gasteiger partial charge is 0.462 e. The van der Waals surface area contributed by atoms with Crippen molar-refractivity contribution >= 4 is 5.97 Å². The van der Waals surface area contributed by atoms with Gasteiger partial charge < -0.3 is 10.1 Å². The Morgan fingerprint density at radius 2 is 2.06 bits per heavy atom. The van der Waals surface area contributed by atoms with Crippen molar-refractivity contribution in [1.82, 2.24) is 5.32 Å². The van der Waals surface area contributed by atoms with Crippen LogP contribution in [0.15, 0.2) is 0 Å². The van der Waals surface area contributed by atoms with Crippen LogP contribution >= 0.6 is 0 Å². The van der Waals surface area contributed by atoms with E-state index in [1.54, 1.807) is 0 Å². The first-order chi connectivity index (χ1) is 8.22. The van der Waals surface area contributed by atoms with E-state index in [1.165, 1.54) is 6.42 Å². The first-order valence-electron chi connectivity index (χ1n) is 7.21. The van der Waals surface area contributed by atoms with Crippen molar-refractivity contribution in [2.24, 2.45) is 11.8 Å². The number of piperidine rings is 2. The maximum atomic E-state index is 11.9. The normalized spacial score (nSPS) is 37.9. The predicted octanol–water partition coefficient (Wildman–Crippen LogP) is 2.88. The molecule has 0 aromatic carbocycles. The van der Waals surface area contributed by atoms with Crippen molar-refractivity contribution in [3.63, 3.8) is 0 Å². The van der Waals surface area contributed by atoms with E-state index in [0.29, 0.717) is 18.3 Å². The second-order valence-electron chi connectivity index (χ2n) is 7.38. The van der Waals surface area contributed by atoms with Gasteiger partial charge in [0.2, 0.25) is 0 Å². The third kappa shape index (κ3) is 2.71. The van der Waals surface area contributed by atoms with E-state index in [1.807, 2.05) is 0 Å². The zero-order valence-corrected chi connectivity index (χ0v) is 12.4. The summed E-state index contributed by atoms with van der Waals surface area (Å²) in [5.74, 6) is 0.803. The van der Waals surface area contributed by atoms with Crippen LogP contribution in [-0.4, -0.2) is 23.2 Å². The molecule has 3 nitrogen and oxygen atoms in total. The maximum Gasteiger partial charge on any atom is 0.306 e. The van der Waals surface area contributed by atoms with E-state index in [9.17, 15) is 4.79 Å². The van der Waals surface area contributed by atoms with Gasteiger partial charge in [-0.2, -0.15) is 0 Å². The average molecular weight is 253 g/mol. The lowest BCUT2D eigenvalue weighted by molar-refractivity contribution is -0.165. The zero-order valence-electron chi connectivity index (χ0n) is 12.4. The smallest absolute Gasteiger partial charge is 0.306 e. The van der Waals surface area contributed by atoms with Crippen LogP contribution < -0.4 is 5.32 Å². The van der Waals surface area contributed by atoms with Gasteiger partial charge in [0.25, 0.3) is 0 Å². The van der Waals surface area contributed by atoms with Crippen LogP contribution in [0.2, 0.25) is 0 Å². The molecule has 3 rings (SSSR count). The minimum Gasteiger partial charge on any atom is -0.462 e. The highest BCUT2D eigenvalue weighted by Crippen LogP contribution is 2.46. The lowest BCUT2D eigenvalue weighted by Gasteiger charge is -2.57. The number of hydrogen-bond acceptors (Lipinski definition) is 3. The molecule has 3 aliphatic rings. The molecule has 3 atom stereocenters. The molecular formula is C15H27NO2. The minimum atomic E-state index is -0.0260. The van der Waals surface area contributed by atoms with Crippen molar-refractivity contribution in [3.05, 3.63) is 0 Å². The number of nitrogens with one attached hydrogen (secondary N) is 1. The fraction of sp³-hybridized carbons (Fsp3) is 0.933. The molecule has 2 bridgehead atoms. The second kappa shape index (κ2) is 4.52. The third-order valence-corrected chi connectivity index (χ3v) is 4.52. The van der Waals surface area contributed by atoms with Crippen LogP contribution in [0.5, 0.6) is 0 Å². The molecule has 3 unspecified atom stereocenters. The van der Waals surface area contributed by atoms with Crippen LogP contribution in [-0.2, 0) is 9.53 Å². The molecule has 0 spiro atoms. The Labute approximate surface area is 111 Å². The molecule has 0 amide bonds. The molecule has 2 aliphatic heterocycles. The highest BCUT2D eigenvalue weighted by molar-refractivity contribution is 5.69. The molecule has 3 heteroatoms. The second-order valence-corrected chi connectivity index (χ2v) is 7.38. The van der Waals surface area contributed by atoms with E-state index >= 15 is 0 Å². The summed E-state index contributed by atoms with van der Waals surface area (Å²) in [6, 6.07) is 0. The third-order valence-electron chi connectivity index (χ3n) is 4.52. The quantitative estimate of drug-likeness (QED) is 0.786. The van der Waals surface area contributed by atoms with Crippen LogP contribution in [0.4, 0.5) is 0 Å².